The van der Waals surface area contributed by atoms with Crippen molar-refractivity contribution in [2.45, 2.75) is 51.5 Å². The van der Waals surface area contributed by atoms with Crippen molar-refractivity contribution >= 4 is 44.1 Å². The van der Waals surface area contributed by atoms with Gasteiger partial charge in [-0.3, -0.25) is 13.9 Å². The molecular formula is C30H36N2O3S2. The van der Waals surface area contributed by atoms with E-state index in [0.29, 0.717) is 17.8 Å². The number of hydrogen-bond acceptors (Lipinski definition) is 5. The zero-order chi connectivity index (χ0) is 26.9. The number of thioether (sulfide) groups is 1. The van der Waals surface area contributed by atoms with Crippen molar-refractivity contribution in [2.24, 2.45) is 13.0 Å². The fourth-order valence-corrected chi connectivity index (χ4v) is 6.94. The van der Waals surface area contributed by atoms with Crippen molar-refractivity contribution in [1.29, 1.82) is 0 Å². The van der Waals surface area contributed by atoms with Crippen LogP contribution < -0.4 is 11.2 Å². The number of unbranched alkanes of at least 4 members (excludes halogenated alkanes) is 1. The molecule has 0 aliphatic carbocycles. The van der Waals surface area contributed by atoms with Gasteiger partial charge in [0.1, 0.15) is 11.1 Å². The van der Waals surface area contributed by atoms with Gasteiger partial charge in [0, 0.05) is 29.8 Å². The molecule has 0 spiro atoms. The summed E-state index contributed by atoms with van der Waals surface area (Å²) >= 11 is 3.39. The lowest BCUT2D eigenvalue weighted by Crippen LogP contribution is -2.38. The normalized spacial score (nSPS) is 10.9. The molecule has 5 nitrogen and oxygen atoms in total. The molecule has 0 aliphatic rings. The van der Waals surface area contributed by atoms with Gasteiger partial charge in [-0.25, -0.2) is 4.79 Å². The first kappa shape index (κ1) is 28.6. The average molecular weight is 537 g/mol. The van der Waals surface area contributed by atoms with Gasteiger partial charge in [0.05, 0.1) is 12.5 Å². The zero-order valence-corrected chi connectivity index (χ0v) is 24.0. The topological polar surface area (TPSA) is 53.2 Å². The Kier molecular flexibility index (Phi) is 10.4. The number of ether oxygens (including phenoxy) is 1. The quantitative estimate of drug-likeness (QED) is 0.100. The van der Waals surface area contributed by atoms with Crippen molar-refractivity contribution in [3.05, 3.63) is 92.3 Å². The molecule has 0 N–H and O–H groups in total. The van der Waals surface area contributed by atoms with E-state index in [-0.39, 0.29) is 11.2 Å². The number of rotatable bonds is 9. The molecule has 0 atom stereocenters. The SMILES string of the molecule is C=C=COC.CCCCSc1c(Cc2cccc3ccccc23)sc2c1c(=O)n(C)c(=O)n2CC(C)C. The fourth-order valence-electron chi connectivity index (χ4n) is 4.17. The number of nitrogens with zero attached hydrogens (tertiary/aromatic N) is 2. The highest BCUT2D eigenvalue weighted by molar-refractivity contribution is 7.99. The predicted molar refractivity (Wildman–Crippen MR) is 159 cm³/mol. The van der Waals surface area contributed by atoms with Crippen LogP contribution in [0.5, 0.6) is 0 Å². The van der Waals surface area contributed by atoms with E-state index in [4.69, 9.17) is 0 Å². The summed E-state index contributed by atoms with van der Waals surface area (Å²) in [5, 5.41) is 3.18. The molecule has 0 fully saturated rings. The maximum absolute atomic E-state index is 13.3. The van der Waals surface area contributed by atoms with E-state index in [9.17, 15) is 9.59 Å². The van der Waals surface area contributed by atoms with Crippen LogP contribution in [0, 0.1) is 5.92 Å². The van der Waals surface area contributed by atoms with Crippen LogP contribution in [-0.2, 0) is 24.8 Å². The van der Waals surface area contributed by atoms with Crippen LogP contribution in [0.4, 0.5) is 0 Å². The van der Waals surface area contributed by atoms with Crippen molar-refractivity contribution in [2.75, 3.05) is 12.9 Å². The molecule has 0 radical (unpaired) electrons. The number of methoxy groups -OCH3 is 1. The minimum absolute atomic E-state index is 0.176. The second-order valence-corrected chi connectivity index (χ2v) is 11.4. The first-order chi connectivity index (χ1) is 17.8. The van der Waals surface area contributed by atoms with Gasteiger partial charge in [0.25, 0.3) is 5.56 Å². The highest BCUT2D eigenvalue weighted by Gasteiger charge is 2.22. The van der Waals surface area contributed by atoms with Crippen molar-refractivity contribution in [1.82, 2.24) is 9.13 Å². The van der Waals surface area contributed by atoms with Gasteiger partial charge in [-0.15, -0.1) is 23.1 Å². The van der Waals surface area contributed by atoms with E-state index < -0.39 is 0 Å². The molecule has 2 heterocycles. The Morgan fingerprint density at radius 3 is 2.54 bits per heavy atom. The molecule has 2 aromatic carbocycles. The molecule has 37 heavy (non-hydrogen) atoms. The van der Waals surface area contributed by atoms with Gasteiger partial charge < -0.3 is 4.74 Å². The number of thiophene rings is 1. The molecule has 4 rings (SSSR count). The van der Waals surface area contributed by atoms with E-state index >= 15 is 0 Å². The Morgan fingerprint density at radius 1 is 1.16 bits per heavy atom. The number of fused-ring (bicyclic) bond motifs is 2. The largest absolute Gasteiger partial charge is 0.496 e. The highest BCUT2D eigenvalue weighted by Crippen LogP contribution is 2.39. The van der Waals surface area contributed by atoms with Crippen LogP contribution in [0.1, 0.15) is 44.1 Å². The van der Waals surface area contributed by atoms with Crippen LogP contribution >= 0.6 is 23.1 Å². The van der Waals surface area contributed by atoms with E-state index in [0.717, 1.165) is 34.7 Å². The van der Waals surface area contributed by atoms with E-state index in [1.165, 1.54) is 32.0 Å². The summed E-state index contributed by atoms with van der Waals surface area (Å²) in [6, 6.07) is 14.8. The maximum Gasteiger partial charge on any atom is 0.331 e. The third kappa shape index (κ3) is 6.67. The van der Waals surface area contributed by atoms with Crippen LogP contribution in [-0.4, -0.2) is 22.0 Å². The second kappa shape index (κ2) is 13.5. The lowest BCUT2D eigenvalue weighted by atomic mass is 10.0. The Morgan fingerprint density at radius 2 is 1.89 bits per heavy atom. The lowest BCUT2D eigenvalue weighted by Gasteiger charge is -2.11. The average Bonchev–Trinajstić information content (AvgIpc) is 3.24. The molecule has 0 unspecified atom stereocenters. The van der Waals surface area contributed by atoms with Crippen LogP contribution in [0.2, 0.25) is 0 Å². The third-order valence-electron chi connectivity index (χ3n) is 5.92. The van der Waals surface area contributed by atoms with Crippen LogP contribution in [0.25, 0.3) is 21.0 Å². The van der Waals surface area contributed by atoms with Gasteiger partial charge in [0.15, 0.2) is 0 Å². The van der Waals surface area contributed by atoms with Gasteiger partial charge in [0.2, 0.25) is 0 Å². The highest BCUT2D eigenvalue weighted by atomic mass is 32.2. The monoisotopic (exact) mass is 536 g/mol. The number of hydrogen-bond donors (Lipinski definition) is 0. The summed E-state index contributed by atoms with van der Waals surface area (Å²) < 4.78 is 7.48. The molecule has 0 bridgehead atoms. The molecule has 0 saturated carbocycles. The summed E-state index contributed by atoms with van der Waals surface area (Å²) in [7, 11) is 3.15. The van der Waals surface area contributed by atoms with E-state index in [1.54, 1.807) is 37.3 Å². The Bertz CT molecular complexity index is 1520. The lowest BCUT2D eigenvalue weighted by molar-refractivity contribution is 0.339. The minimum atomic E-state index is -0.223. The third-order valence-corrected chi connectivity index (χ3v) is 8.49. The van der Waals surface area contributed by atoms with Crippen molar-refractivity contribution in [3.8, 4) is 0 Å². The Hall–Kier alpha value is -2.99. The molecule has 7 heteroatoms. The number of benzene rings is 2. The van der Waals surface area contributed by atoms with Gasteiger partial charge >= 0.3 is 5.69 Å². The number of aromatic nitrogens is 2. The minimum Gasteiger partial charge on any atom is -0.496 e. The second-order valence-electron chi connectivity index (χ2n) is 9.26. The summed E-state index contributed by atoms with van der Waals surface area (Å²) in [5.74, 6) is 1.28. The molecule has 2 aromatic heterocycles. The van der Waals surface area contributed by atoms with Crippen molar-refractivity contribution < 1.29 is 4.74 Å². The summed E-state index contributed by atoms with van der Waals surface area (Å²) in [5.41, 5.74) is 3.27. The first-order valence-corrected chi connectivity index (χ1v) is 14.4. The van der Waals surface area contributed by atoms with Crippen molar-refractivity contribution in [3.63, 3.8) is 0 Å². The molecule has 0 amide bonds. The maximum atomic E-state index is 13.3. The molecule has 196 valence electrons. The predicted octanol–water partition coefficient (Wildman–Crippen LogP) is 6.99. The van der Waals surface area contributed by atoms with Crippen LogP contribution in [0.3, 0.4) is 0 Å². The Balaban J connectivity index is 0.000000695. The van der Waals surface area contributed by atoms with E-state index in [1.807, 2.05) is 4.57 Å². The first-order valence-electron chi connectivity index (χ1n) is 12.6. The van der Waals surface area contributed by atoms with E-state index in [2.05, 4.69) is 80.3 Å². The molecular weight excluding hydrogens is 500 g/mol. The summed E-state index contributed by atoms with van der Waals surface area (Å²) in [6.07, 6.45) is 4.36. The molecule has 0 saturated heterocycles. The molecule has 0 aliphatic heterocycles. The van der Waals surface area contributed by atoms with Crippen LogP contribution in [0.15, 0.2) is 75.5 Å². The standard InChI is InChI=1S/C26H30N2O2S2.C4H6O/c1-5-6-14-31-23-21(15-19-12-9-11-18-10-7-8-13-20(18)19)32-25-22(23)24(29)27(4)26(30)28(25)16-17(2)3;1-3-4-5-2/h7-13,17H,5-6,14-16H2,1-4H3;4H,1H2,2H3. The smallest absolute Gasteiger partial charge is 0.331 e. The van der Waals surface area contributed by atoms with Gasteiger partial charge in [-0.05, 0) is 34.4 Å². The zero-order valence-electron chi connectivity index (χ0n) is 22.4. The van der Waals surface area contributed by atoms with Gasteiger partial charge in [-0.2, -0.15) is 0 Å². The summed E-state index contributed by atoms with van der Waals surface area (Å²) in [4.78, 5) is 29.3. The Labute approximate surface area is 227 Å². The summed E-state index contributed by atoms with van der Waals surface area (Å²) in [6.45, 7) is 10.2. The molecule has 4 aromatic rings. The van der Waals surface area contributed by atoms with Gasteiger partial charge in [-0.1, -0.05) is 82.0 Å². The fraction of sp³-hybridized carbons (Fsp3) is 0.367.